The molecule has 34 heavy (non-hydrogen) atoms. The molecule has 1 aromatic heterocycles. The molecular weight excluding hydrogens is 500 g/mol. The van der Waals surface area contributed by atoms with Gasteiger partial charge in [0.2, 0.25) is 5.88 Å². The van der Waals surface area contributed by atoms with Crippen LogP contribution in [0.3, 0.4) is 0 Å². The molecule has 0 aliphatic carbocycles. The number of thiophene rings is 1. The van der Waals surface area contributed by atoms with Crippen molar-refractivity contribution in [3.63, 3.8) is 0 Å². The molecule has 0 unspecified atom stereocenters. The van der Waals surface area contributed by atoms with E-state index in [1.54, 1.807) is 12.1 Å². The first kappa shape index (κ1) is 24.8. The van der Waals surface area contributed by atoms with Crippen molar-refractivity contribution < 1.29 is 22.8 Å². The molecule has 1 aromatic carbocycles. The number of benzene rings is 1. The van der Waals surface area contributed by atoms with E-state index in [2.05, 4.69) is 15.7 Å². The molecule has 0 bridgehead atoms. The van der Waals surface area contributed by atoms with Gasteiger partial charge < -0.3 is 15.0 Å². The first-order chi connectivity index (χ1) is 16.3. The Hall–Kier alpha value is -2.31. The van der Waals surface area contributed by atoms with Gasteiger partial charge in [0.25, 0.3) is 10.0 Å². The number of alkyl carbamates (subject to hydrolysis) is 1. The second-order valence-electron chi connectivity index (χ2n) is 8.17. The highest BCUT2D eigenvalue weighted by Gasteiger charge is 2.42. The Kier molecular flexibility index (Phi) is 7.68. The topological polar surface area (TPSA) is 100 Å². The van der Waals surface area contributed by atoms with Gasteiger partial charge in [-0.1, -0.05) is 29.8 Å². The smallest absolute Gasteiger partial charge is 0.392 e. The maximum Gasteiger partial charge on any atom is 0.413 e. The van der Waals surface area contributed by atoms with E-state index in [1.807, 2.05) is 37.4 Å². The molecule has 2 N–H and O–H groups in total. The average molecular weight is 527 g/mol. The monoisotopic (exact) mass is 526 g/mol. The van der Waals surface area contributed by atoms with Crippen LogP contribution in [0.25, 0.3) is 0 Å². The molecule has 12 heteroatoms. The van der Waals surface area contributed by atoms with E-state index in [9.17, 15) is 13.2 Å². The summed E-state index contributed by atoms with van der Waals surface area (Å²) >= 11 is 6.93. The van der Waals surface area contributed by atoms with Crippen molar-refractivity contribution in [3.05, 3.63) is 58.8 Å². The van der Waals surface area contributed by atoms with Crippen molar-refractivity contribution in [3.8, 4) is 0 Å². The summed E-state index contributed by atoms with van der Waals surface area (Å²) in [6.07, 6.45) is 2.75. The number of hydrogen-bond donors (Lipinski definition) is 2. The molecule has 2 aliphatic heterocycles. The second-order valence-corrected chi connectivity index (χ2v) is 12.0. The lowest BCUT2D eigenvalue weighted by molar-refractivity contribution is -0.0729. The maximum atomic E-state index is 12.8. The molecule has 9 nitrogen and oxygen atoms in total. The molecule has 0 radical (unpaired) electrons. The molecule has 2 aromatic rings. The Morgan fingerprint density at radius 1 is 1.26 bits per heavy atom. The van der Waals surface area contributed by atoms with Crippen LogP contribution in [0.2, 0.25) is 4.34 Å². The van der Waals surface area contributed by atoms with Crippen molar-refractivity contribution in [2.75, 3.05) is 38.1 Å². The van der Waals surface area contributed by atoms with Gasteiger partial charge in [-0.2, -0.15) is 4.31 Å². The fourth-order valence-electron chi connectivity index (χ4n) is 3.87. The third-order valence-corrected chi connectivity index (χ3v) is 9.40. The molecular formula is C22H27ClN4O5S2. The number of para-hydroxylation sites is 1. The Balaban J connectivity index is 1.21. The molecule has 1 amide bonds. The highest BCUT2D eigenvalue weighted by Crippen LogP contribution is 2.35. The molecule has 0 atom stereocenters. The molecule has 1 fully saturated rings. The third kappa shape index (κ3) is 5.84. The number of hydroxylamine groups is 1. The number of amides is 1. The van der Waals surface area contributed by atoms with Crippen LogP contribution < -0.4 is 15.7 Å². The quantitative estimate of drug-likeness (QED) is 0.507. The van der Waals surface area contributed by atoms with Gasteiger partial charge in [0.1, 0.15) is 9.81 Å². The fourth-order valence-corrected chi connectivity index (χ4v) is 6.95. The van der Waals surface area contributed by atoms with E-state index in [0.29, 0.717) is 23.7 Å². The lowest BCUT2D eigenvalue weighted by Crippen LogP contribution is -2.46. The summed E-state index contributed by atoms with van der Waals surface area (Å²) in [6, 6.07) is 13.1. The zero-order chi connectivity index (χ0) is 24.2. The van der Waals surface area contributed by atoms with E-state index in [1.165, 1.54) is 10.4 Å². The van der Waals surface area contributed by atoms with Crippen LogP contribution in [0.15, 0.2) is 58.6 Å². The minimum Gasteiger partial charge on any atom is -0.392 e. The van der Waals surface area contributed by atoms with Gasteiger partial charge in [-0.15, -0.1) is 11.3 Å². The number of sulfonamides is 1. The molecule has 184 valence electrons. The second kappa shape index (κ2) is 10.5. The van der Waals surface area contributed by atoms with Crippen molar-refractivity contribution in [1.82, 2.24) is 15.1 Å². The fraction of sp³-hybridized carbons (Fsp3) is 0.409. The minimum atomic E-state index is -3.58. The summed E-state index contributed by atoms with van der Waals surface area (Å²) in [5.41, 5.74) is 3.05. The third-order valence-electron chi connectivity index (χ3n) is 5.80. The summed E-state index contributed by atoms with van der Waals surface area (Å²) in [7, 11) is -1.58. The van der Waals surface area contributed by atoms with Crippen molar-refractivity contribution in [1.29, 1.82) is 0 Å². The lowest BCUT2D eigenvalue weighted by atomic mass is 9.93. The number of carbonyl (C=O) groups is 1. The standard InChI is InChI=1S/C22H27ClN4O5S2/c1-26(17-6-3-2-4-7-17)13-5-12-24-21(28)31-19-16-22(32-25-19)10-14-27(15-11-22)34(29,30)20-9-8-18(23)33-20/h2-4,6-9,16,25H,5,10-15H2,1H3,(H,24,28). The van der Waals surface area contributed by atoms with Crippen LogP contribution in [-0.2, 0) is 19.6 Å². The van der Waals surface area contributed by atoms with Gasteiger partial charge in [-0.3, -0.25) is 4.84 Å². The van der Waals surface area contributed by atoms with Gasteiger partial charge in [0, 0.05) is 45.0 Å². The number of nitrogens with one attached hydrogen (secondary N) is 2. The summed E-state index contributed by atoms with van der Waals surface area (Å²) in [5, 5.41) is 2.73. The van der Waals surface area contributed by atoms with E-state index >= 15 is 0 Å². The normalized spacial score (nSPS) is 17.8. The largest absolute Gasteiger partial charge is 0.413 e. The Morgan fingerprint density at radius 2 is 2.00 bits per heavy atom. The van der Waals surface area contributed by atoms with Gasteiger partial charge in [-0.05, 0) is 43.5 Å². The molecule has 0 saturated carbocycles. The van der Waals surface area contributed by atoms with E-state index in [-0.39, 0.29) is 23.2 Å². The number of hydrogen-bond acceptors (Lipinski definition) is 8. The van der Waals surface area contributed by atoms with E-state index in [0.717, 1.165) is 30.0 Å². The molecule has 3 heterocycles. The predicted octanol–water partition coefficient (Wildman–Crippen LogP) is 3.55. The first-order valence-corrected chi connectivity index (χ1v) is 13.6. The molecule has 4 rings (SSSR count). The maximum absolute atomic E-state index is 12.8. The van der Waals surface area contributed by atoms with Crippen LogP contribution in [0.4, 0.5) is 10.5 Å². The van der Waals surface area contributed by atoms with Crippen molar-refractivity contribution >= 4 is 44.7 Å². The number of piperidine rings is 1. The van der Waals surface area contributed by atoms with Gasteiger partial charge >= 0.3 is 6.09 Å². The summed E-state index contributed by atoms with van der Waals surface area (Å²) in [6.45, 7) is 1.82. The Labute approximate surface area is 208 Å². The van der Waals surface area contributed by atoms with Gasteiger partial charge in [-0.25, -0.2) is 18.7 Å². The number of halogens is 1. The molecule has 2 aliphatic rings. The van der Waals surface area contributed by atoms with Crippen LogP contribution in [0.1, 0.15) is 19.3 Å². The van der Waals surface area contributed by atoms with E-state index in [4.69, 9.17) is 21.2 Å². The van der Waals surface area contributed by atoms with Gasteiger partial charge in [0.05, 0.1) is 4.34 Å². The van der Waals surface area contributed by atoms with E-state index < -0.39 is 21.7 Å². The summed E-state index contributed by atoms with van der Waals surface area (Å²) in [4.78, 5) is 19.9. The highest BCUT2D eigenvalue weighted by molar-refractivity contribution is 7.91. The number of ether oxygens (including phenoxy) is 1. The number of nitrogens with zero attached hydrogens (tertiary/aromatic N) is 2. The lowest BCUT2D eigenvalue weighted by Gasteiger charge is -2.35. The van der Waals surface area contributed by atoms with Crippen LogP contribution in [0, 0.1) is 0 Å². The Bertz CT molecular complexity index is 1130. The zero-order valence-electron chi connectivity index (χ0n) is 18.7. The van der Waals surface area contributed by atoms with Gasteiger partial charge in [0.15, 0.2) is 0 Å². The average Bonchev–Trinajstić information content (AvgIpc) is 3.44. The number of carbonyl (C=O) groups excluding carboxylic acids is 1. The summed E-state index contributed by atoms with van der Waals surface area (Å²) in [5.74, 6) is 0.209. The van der Waals surface area contributed by atoms with Crippen molar-refractivity contribution in [2.45, 2.75) is 29.1 Å². The minimum absolute atomic E-state index is 0.209. The first-order valence-electron chi connectivity index (χ1n) is 10.9. The van der Waals surface area contributed by atoms with Crippen LogP contribution in [-0.4, -0.2) is 57.6 Å². The number of anilines is 1. The summed E-state index contributed by atoms with van der Waals surface area (Å²) < 4.78 is 33.0. The highest BCUT2D eigenvalue weighted by atomic mass is 35.5. The molecule has 1 saturated heterocycles. The van der Waals surface area contributed by atoms with Crippen molar-refractivity contribution in [2.24, 2.45) is 0 Å². The van der Waals surface area contributed by atoms with Crippen LogP contribution in [0.5, 0.6) is 0 Å². The molecule has 1 spiro atoms. The SMILES string of the molecule is CN(CCCNC(=O)OC1=CC2(CCN(S(=O)(=O)c3ccc(Cl)s3)CC2)ON1)c1ccccc1. The Morgan fingerprint density at radius 3 is 2.68 bits per heavy atom. The predicted molar refractivity (Wildman–Crippen MR) is 131 cm³/mol. The zero-order valence-corrected chi connectivity index (χ0v) is 21.1. The van der Waals surface area contributed by atoms with Crippen LogP contribution >= 0.6 is 22.9 Å². The number of rotatable bonds is 8.